The molecule has 8 aromatic rings. The van der Waals surface area contributed by atoms with Crippen molar-refractivity contribution in [3.63, 3.8) is 0 Å². The van der Waals surface area contributed by atoms with Crippen molar-refractivity contribution < 1.29 is 0 Å². The summed E-state index contributed by atoms with van der Waals surface area (Å²) in [5.41, 5.74) is 13.4. The molecule has 1 spiro atoms. The smallest absolute Gasteiger partial charge is 0.0736 e. The van der Waals surface area contributed by atoms with Gasteiger partial charge in [-0.1, -0.05) is 139 Å². The van der Waals surface area contributed by atoms with Crippen LogP contribution < -0.4 is 4.90 Å². The molecule has 2 aliphatic rings. The lowest BCUT2D eigenvalue weighted by molar-refractivity contribution is 0.723. The van der Waals surface area contributed by atoms with E-state index in [-0.39, 0.29) is 0 Å². The molecule has 0 N–H and O–H groups in total. The van der Waals surface area contributed by atoms with Crippen LogP contribution in [0.1, 0.15) is 22.3 Å². The van der Waals surface area contributed by atoms with Gasteiger partial charge in [-0.15, -0.1) is 0 Å². The molecule has 8 aromatic carbocycles. The monoisotopic (exact) mass is 641 g/mol. The molecule has 0 fully saturated rings. The van der Waals surface area contributed by atoms with E-state index in [0.29, 0.717) is 0 Å². The van der Waals surface area contributed by atoms with E-state index >= 15 is 0 Å². The topological polar surface area (TPSA) is 3.24 Å². The van der Waals surface area contributed by atoms with Crippen molar-refractivity contribution in [1.82, 2.24) is 0 Å². The normalized spacial score (nSPS) is 13.4. The average molecular weight is 642 g/mol. The molecule has 2 heteroatoms. The molecule has 0 atom stereocenters. The molecule has 0 aromatic heterocycles. The molecule has 1 heterocycles. The summed E-state index contributed by atoms with van der Waals surface area (Å²) in [5.74, 6) is 0. The molecule has 0 amide bonds. The Morgan fingerprint density at radius 1 is 0.347 bits per heavy atom. The van der Waals surface area contributed by atoms with Crippen molar-refractivity contribution in [3.05, 3.63) is 210 Å². The standard InChI is InChI=1S/C47H31NS/c1-3-13-32(14-4-1)33-23-25-37(26-24-33)48(36-17-5-2-6-18-36)38-27-28-39-40-29-34-15-7-8-16-35(34)30-43(40)47(44(39)31-38)41-19-9-11-21-45(41)49-46-22-12-10-20-42(46)47/h1-31H. The lowest BCUT2D eigenvalue weighted by atomic mass is 9.67. The summed E-state index contributed by atoms with van der Waals surface area (Å²) in [5, 5.41) is 2.54. The summed E-state index contributed by atoms with van der Waals surface area (Å²) in [6.45, 7) is 0. The van der Waals surface area contributed by atoms with Gasteiger partial charge in [0.2, 0.25) is 0 Å². The second-order valence-electron chi connectivity index (χ2n) is 12.9. The van der Waals surface area contributed by atoms with Gasteiger partial charge in [-0.05, 0) is 116 Å². The van der Waals surface area contributed by atoms with Crippen LogP contribution in [0, 0.1) is 0 Å². The minimum Gasteiger partial charge on any atom is -0.310 e. The van der Waals surface area contributed by atoms with Crippen LogP contribution in [0.3, 0.4) is 0 Å². The van der Waals surface area contributed by atoms with Gasteiger partial charge in [-0.25, -0.2) is 0 Å². The Hall–Kier alpha value is -5.83. The van der Waals surface area contributed by atoms with Crippen molar-refractivity contribution in [2.75, 3.05) is 4.90 Å². The van der Waals surface area contributed by atoms with Gasteiger partial charge < -0.3 is 4.90 Å². The van der Waals surface area contributed by atoms with E-state index in [2.05, 4.69) is 193 Å². The Morgan fingerprint density at radius 2 is 0.857 bits per heavy atom. The highest BCUT2D eigenvalue weighted by atomic mass is 32.2. The quantitative estimate of drug-likeness (QED) is 0.188. The molecule has 49 heavy (non-hydrogen) atoms. The first-order valence-corrected chi connectivity index (χ1v) is 17.7. The molecular weight excluding hydrogens is 611 g/mol. The van der Waals surface area contributed by atoms with Crippen molar-refractivity contribution in [2.45, 2.75) is 15.2 Å². The fraction of sp³-hybridized carbons (Fsp3) is 0.0213. The summed E-state index contributed by atoms with van der Waals surface area (Å²) in [7, 11) is 0. The van der Waals surface area contributed by atoms with E-state index in [9.17, 15) is 0 Å². The van der Waals surface area contributed by atoms with E-state index < -0.39 is 5.41 Å². The number of para-hydroxylation sites is 1. The second-order valence-corrected chi connectivity index (χ2v) is 14.0. The lowest BCUT2D eigenvalue weighted by Gasteiger charge is -2.40. The van der Waals surface area contributed by atoms with Gasteiger partial charge >= 0.3 is 0 Å². The van der Waals surface area contributed by atoms with E-state index in [0.717, 1.165) is 17.1 Å². The molecule has 0 radical (unpaired) electrons. The van der Waals surface area contributed by atoms with Gasteiger partial charge in [0.15, 0.2) is 0 Å². The van der Waals surface area contributed by atoms with Crippen LogP contribution >= 0.6 is 11.8 Å². The maximum atomic E-state index is 2.47. The molecule has 1 aliphatic heterocycles. The Bertz CT molecular complexity index is 2470. The van der Waals surface area contributed by atoms with E-state index in [1.165, 1.54) is 65.1 Å². The Kier molecular flexibility index (Phi) is 6.40. The highest BCUT2D eigenvalue weighted by Gasteiger charge is 2.50. The van der Waals surface area contributed by atoms with E-state index in [4.69, 9.17) is 0 Å². The summed E-state index contributed by atoms with van der Waals surface area (Å²) < 4.78 is 0. The van der Waals surface area contributed by atoms with Gasteiger partial charge in [0.25, 0.3) is 0 Å². The predicted molar refractivity (Wildman–Crippen MR) is 205 cm³/mol. The van der Waals surface area contributed by atoms with Crippen LogP contribution in [0.15, 0.2) is 198 Å². The molecule has 0 bridgehead atoms. The third kappa shape index (κ3) is 4.27. The van der Waals surface area contributed by atoms with Crippen molar-refractivity contribution >= 4 is 39.6 Å². The van der Waals surface area contributed by atoms with Crippen LogP contribution in [-0.4, -0.2) is 0 Å². The Balaban J connectivity index is 1.25. The first-order chi connectivity index (χ1) is 24.3. The van der Waals surface area contributed by atoms with Crippen LogP contribution in [-0.2, 0) is 5.41 Å². The van der Waals surface area contributed by atoms with Crippen molar-refractivity contribution in [3.8, 4) is 22.3 Å². The largest absolute Gasteiger partial charge is 0.310 e. The maximum absolute atomic E-state index is 2.47. The van der Waals surface area contributed by atoms with E-state index in [1.54, 1.807) is 0 Å². The molecule has 1 nitrogen and oxygen atoms in total. The van der Waals surface area contributed by atoms with Crippen LogP contribution in [0.4, 0.5) is 17.1 Å². The molecule has 230 valence electrons. The van der Waals surface area contributed by atoms with Crippen molar-refractivity contribution in [1.29, 1.82) is 0 Å². The van der Waals surface area contributed by atoms with E-state index in [1.807, 2.05) is 11.8 Å². The van der Waals surface area contributed by atoms with Gasteiger partial charge in [0.05, 0.1) is 5.41 Å². The first-order valence-electron chi connectivity index (χ1n) is 16.8. The third-order valence-electron chi connectivity index (χ3n) is 10.3. The molecule has 1 aliphatic carbocycles. The average Bonchev–Trinajstić information content (AvgIpc) is 3.44. The number of rotatable bonds is 4. The highest BCUT2D eigenvalue weighted by Crippen LogP contribution is 2.63. The summed E-state index contributed by atoms with van der Waals surface area (Å²) >= 11 is 1.89. The van der Waals surface area contributed by atoms with Crippen molar-refractivity contribution in [2.24, 2.45) is 0 Å². The number of benzene rings is 8. The number of hydrogen-bond acceptors (Lipinski definition) is 2. The zero-order chi connectivity index (χ0) is 32.4. The predicted octanol–water partition coefficient (Wildman–Crippen LogP) is 12.8. The van der Waals surface area contributed by atoms with Gasteiger partial charge in [-0.3, -0.25) is 0 Å². The lowest BCUT2D eigenvalue weighted by Crippen LogP contribution is -2.32. The first kappa shape index (κ1) is 28.2. The second kappa shape index (κ2) is 11.1. The molecular formula is C47H31NS. The van der Waals surface area contributed by atoms with Crippen LogP contribution in [0.2, 0.25) is 0 Å². The highest BCUT2D eigenvalue weighted by molar-refractivity contribution is 7.99. The van der Waals surface area contributed by atoms with Crippen LogP contribution in [0.25, 0.3) is 33.0 Å². The molecule has 0 saturated carbocycles. The molecule has 10 rings (SSSR count). The number of fused-ring (bicyclic) bond motifs is 10. The summed E-state index contributed by atoms with van der Waals surface area (Å²) in [6, 6.07) is 69.2. The van der Waals surface area contributed by atoms with Gasteiger partial charge in [0.1, 0.15) is 0 Å². The minimum absolute atomic E-state index is 0.456. The van der Waals surface area contributed by atoms with Crippen LogP contribution in [0.5, 0.6) is 0 Å². The van der Waals surface area contributed by atoms with Gasteiger partial charge in [0, 0.05) is 26.9 Å². The molecule has 0 saturated heterocycles. The van der Waals surface area contributed by atoms with Gasteiger partial charge in [-0.2, -0.15) is 0 Å². The molecule has 0 unspecified atom stereocenters. The number of nitrogens with zero attached hydrogens (tertiary/aromatic N) is 1. The summed E-state index contributed by atoms with van der Waals surface area (Å²) in [4.78, 5) is 5.03. The zero-order valence-corrected chi connectivity index (χ0v) is 27.6. The summed E-state index contributed by atoms with van der Waals surface area (Å²) in [6.07, 6.45) is 0. The number of anilines is 3. The zero-order valence-electron chi connectivity index (χ0n) is 26.8. The maximum Gasteiger partial charge on any atom is 0.0736 e. The third-order valence-corrected chi connectivity index (χ3v) is 11.4. The number of hydrogen-bond donors (Lipinski definition) is 0. The Labute approximate surface area is 291 Å². The minimum atomic E-state index is -0.456. The fourth-order valence-corrected chi connectivity index (χ4v) is 9.36. The Morgan fingerprint density at radius 3 is 1.55 bits per heavy atom. The SMILES string of the molecule is c1ccc(-c2ccc(N(c3ccccc3)c3ccc4c(c3)C3(c5ccccc5Sc5ccccc53)c3cc5ccccc5cc3-4)cc2)cc1. The fourth-order valence-electron chi connectivity index (χ4n) is 8.17.